The van der Waals surface area contributed by atoms with Gasteiger partial charge in [-0.1, -0.05) is 29.8 Å². The molecule has 0 fully saturated rings. The fraction of sp³-hybridized carbons (Fsp3) is 0.0476. The fourth-order valence-corrected chi connectivity index (χ4v) is 4.19. The second-order valence-corrected chi connectivity index (χ2v) is 7.62. The van der Waals surface area contributed by atoms with Crippen LogP contribution < -0.4 is 5.32 Å². The molecule has 8 heteroatoms. The van der Waals surface area contributed by atoms with Crippen LogP contribution in [0.15, 0.2) is 66.7 Å². The van der Waals surface area contributed by atoms with E-state index in [0.717, 1.165) is 34.5 Å². The van der Waals surface area contributed by atoms with E-state index in [1.807, 2.05) is 24.3 Å². The van der Waals surface area contributed by atoms with Crippen molar-refractivity contribution >= 4 is 44.7 Å². The van der Waals surface area contributed by atoms with Gasteiger partial charge in [-0.3, -0.25) is 4.79 Å². The van der Waals surface area contributed by atoms with Crippen LogP contribution in [0.25, 0.3) is 20.8 Å². The average Bonchev–Trinajstić information content (AvgIpc) is 3.11. The number of anilines is 1. The predicted octanol–water partition coefficient (Wildman–Crippen LogP) is 6.89. The Morgan fingerprint density at radius 3 is 2.38 bits per heavy atom. The molecule has 3 aromatic carbocycles. The lowest BCUT2D eigenvalue weighted by Gasteiger charge is -2.12. The lowest BCUT2D eigenvalue weighted by atomic mass is 10.1. The van der Waals surface area contributed by atoms with Gasteiger partial charge in [0.15, 0.2) is 0 Å². The van der Waals surface area contributed by atoms with Crippen LogP contribution in [0.2, 0.25) is 5.02 Å². The Balaban J connectivity index is 1.67. The molecule has 1 heterocycles. The summed E-state index contributed by atoms with van der Waals surface area (Å²) in [6, 6.07) is 16.7. The van der Waals surface area contributed by atoms with Crippen molar-refractivity contribution in [1.82, 2.24) is 4.98 Å². The summed E-state index contributed by atoms with van der Waals surface area (Å²) in [5.74, 6) is -0.539. The van der Waals surface area contributed by atoms with E-state index in [-0.39, 0.29) is 5.56 Å². The molecule has 1 amide bonds. The summed E-state index contributed by atoms with van der Waals surface area (Å²) < 4.78 is 39.1. The minimum atomic E-state index is -4.46. The SMILES string of the molecule is O=C(Nc1cccc(Cl)c1-c1nc2ccccc2s1)c1ccc(C(F)(F)F)cc1. The lowest BCUT2D eigenvalue weighted by Crippen LogP contribution is -2.13. The fourth-order valence-electron chi connectivity index (χ4n) is 2.83. The second kappa shape index (κ2) is 7.50. The third kappa shape index (κ3) is 3.97. The van der Waals surface area contributed by atoms with E-state index in [1.54, 1.807) is 18.2 Å². The van der Waals surface area contributed by atoms with Crippen molar-refractivity contribution in [2.75, 3.05) is 5.32 Å². The predicted molar refractivity (Wildman–Crippen MR) is 109 cm³/mol. The van der Waals surface area contributed by atoms with E-state index < -0.39 is 17.6 Å². The third-order valence-corrected chi connectivity index (χ3v) is 5.61. The van der Waals surface area contributed by atoms with Gasteiger partial charge in [-0.2, -0.15) is 13.2 Å². The van der Waals surface area contributed by atoms with Crippen LogP contribution in [-0.2, 0) is 6.18 Å². The van der Waals surface area contributed by atoms with E-state index >= 15 is 0 Å². The topological polar surface area (TPSA) is 42.0 Å². The highest BCUT2D eigenvalue weighted by atomic mass is 35.5. The van der Waals surface area contributed by atoms with E-state index in [1.165, 1.54) is 11.3 Å². The number of fused-ring (bicyclic) bond motifs is 1. The zero-order valence-corrected chi connectivity index (χ0v) is 16.2. The number of thiazole rings is 1. The molecule has 0 saturated heterocycles. The van der Waals surface area contributed by atoms with Crippen LogP contribution in [0.5, 0.6) is 0 Å². The van der Waals surface area contributed by atoms with Crippen LogP contribution in [0.4, 0.5) is 18.9 Å². The minimum absolute atomic E-state index is 0.105. The minimum Gasteiger partial charge on any atom is -0.321 e. The van der Waals surface area contributed by atoms with Crippen LogP contribution in [0.3, 0.4) is 0 Å². The summed E-state index contributed by atoms with van der Waals surface area (Å²) in [5, 5.41) is 3.78. The number of hydrogen-bond donors (Lipinski definition) is 1. The molecule has 0 saturated carbocycles. The number of carbonyl (C=O) groups is 1. The van der Waals surface area contributed by atoms with Gasteiger partial charge in [-0.25, -0.2) is 4.98 Å². The molecule has 0 radical (unpaired) electrons. The Morgan fingerprint density at radius 1 is 0.966 bits per heavy atom. The number of benzene rings is 3. The van der Waals surface area contributed by atoms with Gasteiger partial charge in [0, 0.05) is 5.56 Å². The summed E-state index contributed by atoms with van der Waals surface area (Å²) in [6.45, 7) is 0. The zero-order valence-electron chi connectivity index (χ0n) is 14.6. The molecule has 3 nitrogen and oxygen atoms in total. The van der Waals surface area contributed by atoms with Gasteiger partial charge < -0.3 is 5.32 Å². The van der Waals surface area contributed by atoms with E-state index in [9.17, 15) is 18.0 Å². The number of halogens is 4. The molecule has 1 aromatic heterocycles. The van der Waals surface area contributed by atoms with Crippen molar-refractivity contribution < 1.29 is 18.0 Å². The number of alkyl halides is 3. The Hall–Kier alpha value is -2.90. The number of para-hydroxylation sites is 1. The molecule has 0 bridgehead atoms. The maximum Gasteiger partial charge on any atom is 0.416 e. The first-order chi connectivity index (χ1) is 13.8. The van der Waals surface area contributed by atoms with Crippen molar-refractivity contribution in [3.8, 4) is 10.6 Å². The third-order valence-electron chi connectivity index (χ3n) is 4.24. The summed E-state index contributed by atoms with van der Waals surface area (Å²) in [7, 11) is 0. The molecule has 4 aromatic rings. The van der Waals surface area contributed by atoms with Gasteiger partial charge >= 0.3 is 6.18 Å². The van der Waals surface area contributed by atoms with Crippen LogP contribution in [0, 0.1) is 0 Å². The molecule has 0 aliphatic heterocycles. The smallest absolute Gasteiger partial charge is 0.321 e. The Kier molecular flexibility index (Phi) is 5.02. The summed E-state index contributed by atoms with van der Waals surface area (Å²) in [4.78, 5) is 17.2. The van der Waals surface area contributed by atoms with Gasteiger partial charge in [-0.15, -0.1) is 11.3 Å². The van der Waals surface area contributed by atoms with Crippen LogP contribution in [-0.4, -0.2) is 10.9 Å². The van der Waals surface area contributed by atoms with E-state index in [2.05, 4.69) is 10.3 Å². The summed E-state index contributed by atoms with van der Waals surface area (Å²) in [5.41, 5.74) is 1.10. The van der Waals surface area contributed by atoms with E-state index in [0.29, 0.717) is 21.3 Å². The van der Waals surface area contributed by atoms with Crippen molar-refractivity contribution in [3.63, 3.8) is 0 Å². The molecule has 146 valence electrons. The highest BCUT2D eigenvalue weighted by Crippen LogP contribution is 2.39. The monoisotopic (exact) mass is 432 g/mol. The van der Waals surface area contributed by atoms with Crippen molar-refractivity contribution in [2.45, 2.75) is 6.18 Å². The number of nitrogens with one attached hydrogen (secondary N) is 1. The first-order valence-corrected chi connectivity index (χ1v) is 9.65. The molecule has 0 atom stereocenters. The molecular weight excluding hydrogens is 421 g/mol. The normalized spacial score (nSPS) is 11.6. The molecular formula is C21H12ClF3N2OS. The quantitative estimate of drug-likeness (QED) is 0.383. The number of amides is 1. The highest BCUT2D eigenvalue weighted by molar-refractivity contribution is 7.21. The standard InChI is InChI=1S/C21H12ClF3N2OS/c22-14-4-3-6-16(18(14)20-27-15-5-1-2-7-17(15)29-20)26-19(28)12-8-10-13(11-9-12)21(23,24)25/h1-11H,(H,26,28). The largest absolute Gasteiger partial charge is 0.416 e. The number of nitrogens with zero attached hydrogens (tertiary/aromatic N) is 1. The maximum absolute atomic E-state index is 12.7. The molecule has 29 heavy (non-hydrogen) atoms. The molecule has 0 unspecified atom stereocenters. The highest BCUT2D eigenvalue weighted by Gasteiger charge is 2.30. The molecule has 0 aliphatic rings. The Morgan fingerprint density at radius 2 is 1.69 bits per heavy atom. The van der Waals surface area contributed by atoms with Crippen molar-refractivity contribution in [1.29, 1.82) is 0 Å². The number of carbonyl (C=O) groups excluding carboxylic acids is 1. The van der Waals surface area contributed by atoms with Gasteiger partial charge in [0.2, 0.25) is 0 Å². The van der Waals surface area contributed by atoms with Gasteiger partial charge in [0.1, 0.15) is 5.01 Å². The van der Waals surface area contributed by atoms with Crippen LogP contribution in [0.1, 0.15) is 15.9 Å². The summed E-state index contributed by atoms with van der Waals surface area (Å²) in [6.07, 6.45) is -4.46. The van der Waals surface area contributed by atoms with E-state index in [4.69, 9.17) is 11.6 Å². The molecule has 0 spiro atoms. The first kappa shape index (κ1) is 19.4. The second-order valence-electron chi connectivity index (χ2n) is 6.18. The van der Waals surface area contributed by atoms with Crippen molar-refractivity contribution in [3.05, 3.63) is 82.9 Å². The first-order valence-electron chi connectivity index (χ1n) is 8.46. The molecule has 1 N–H and O–H groups in total. The maximum atomic E-state index is 12.7. The average molecular weight is 433 g/mol. The van der Waals surface area contributed by atoms with Crippen molar-refractivity contribution in [2.24, 2.45) is 0 Å². The number of hydrogen-bond acceptors (Lipinski definition) is 3. The van der Waals surface area contributed by atoms with Gasteiger partial charge in [0.05, 0.1) is 32.1 Å². The zero-order chi connectivity index (χ0) is 20.6. The van der Waals surface area contributed by atoms with Gasteiger partial charge in [-0.05, 0) is 48.5 Å². The summed E-state index contributed by atoms with van der Waals surface area (Å²) >= 11 is 7.82. The van der Waals surface area contributed by atoms with Crippen LogP contribution >= 0.6 is 22.9 Å². The number of rotatable bonds is 3. The Bertz CT molecular complexity index is 1170. The number of aromatic nitrogens is 1. The Labute approximate surface area is 172 Å². The molecule has 4 rings (SSSR count). The lowest BCUT2D eigenvalue weighted by molar-refractivity contribution is -0.137. The molecule has 0 aliphatic carbocycles. The van der Waals surface area contributed by atoms with Gasteiger partial charge in [0.25, 0.3) is 5.91 Å².